The lowest BCUT2D eigenvalue weighted by Crippen LogP contribution is -2.37. The van der Waals surface area contributed by atoms with Crippen molar-refractivity contribution in [2.45, 2.75) is 31.1 Å². The molecule has 1 unspecified atom stereocenters. The Balaban J connectivity index is 1.34. The fourth-order valence-electron chi connectivity index (χ4n) is 4.15. The molecular weight excluding hydrogens is 463 g/mol. The van der Waals surface area contributed by atoms with Crippen molar-refractivity contribution in [2.75, 3.05) is 12.3 Å². The summed E-state index contributed by atoms with van der Waals surface area (Å²) in [4.78, 5) is 14.9. The van der Waals surface area contributed by atoms with Crippen molar-refractivity contribution in [2.24, 2.45) is 0 Å². The third kappa shape index (κ3) is 5.22. The normalized spacial score (nSPS) is 13.8. The van der Waals surface area contributed by atoms with Crippen molar-refractivity contribution in [1.29, 1.82) is 0 Å². The molecule has 5 rings (SSSR count). The summed E-state index contributed by atoms with van der Waals surface area (Å²) >= 11 is 1.36. The second-order valence-corrected chi connectivity index (χ2v) is 9.29. The van der Waals surface area contributed by atoms with Gasteiger partial charge in [-0.2, -0.15) is 0 Å². The number of ether oxygens (including phenoxy) is 1. The number of nitrogens with zero attached hydrogens (tertiary/aromatic N) is 4. The minimum Gasteiger partial charge on any atom is -0.483 e. The minimum absolute atomic E-state index is 0.0734. The zero-order valence-electron chi connectivity index (χ0n) is 19.3. The van der Waals surface area contributed by atoms with Crippen molar-refractivity contribution in [3.8, 4) is 11.4 Å². The van der Waals surface area contributed by atoms with E-state index >= 15 is 0 Å². The van der Waals surface area contributed by atoms with E-state index in [9.17, 15) is 9.18 Å². The van der Waals surface area contributed by atoms with Gasteiger partial charge in [-0.05, 0) is 60.9 Å². The number of benzene rings is 3. The molecule has 0 saturated heterocycles. The highest BCUT2D eigenvalue weighted by Crippen LogP contribution is 2.28. The molecule has 2 heterocycles. The van der Waals surface area contributed by atoms with Gasteiger partial charge in [-0.25, -0.2) is 4.39 Å². The van der Waals surface area contributed by atoms with Gasteiger partial charge in [0.1, 0.15) is 11.6 Å². The first-order valence-corrected chi connectivity index (χ1v) is 12.5. The lowest BCUT2D eigenvalue weighted by Gasteiger charge is -2.28. The number of halogens is 1. The fourth-order valence-corrected chi connectivity index (χ4v) is 5.02. The summed E-state index contributed by atoms with van der Waals surface area (Å²) in [5.74, 6) is 1.15. The maximum atomic E-state index is 13.3. The Morgan fingerprint density at radius 3 is 2.49 bits per heavy atom. The molecule has 178 valence electrons. The highest BCUT2D eigenvalue weighted by Gasteiger charge is 2.24. The first-order valence-electron chi connectivity index (χ1n) is 11.5. The van der Waals surface area contributed by atoms with Crippen molar-refractivity contribution in [1.82, 2.24) is 19.7 Å². The highest BCUT2D eigenvalue weighted by molar-refractivity contribution is 7.99. The van der Waals surface area contributed by atoms with Gasteiger partial charge in [0.25, 0.3) is 0 Å². The van der Waals surface area contributed by atoms with Crippen LogP contribution in [0, 0.1) is 5.82 Å². The molecule has 6 nitrogen and oxygen atoms in total. The number of hydrogen-bond acceptors (Lipinski definition) is 5. The molecule has 0 aliphatic carbocycles. The maximum absolute atomic E-state index is 13.3. The Kier molecular flexibility index (Phi) is 6.81. The smallest absolute Gasteiger partial charge is 0.233 e. The van der Waals surface area contributed by atoms with Crippen LogP contribution in [0.2, 0.25) is 0 Å². The Hall–Kier alpha value is -3.65. The maximum Gasteiger partial charge on any atom is 0.233 e. The number of fused-ring (bicyclic) bond motifs is 1. The zero-order valence-corrected chi connectivity index (χ0v) is 20.1. The molecule has 1 atom stereocenters. The van der Waals surface area contributed by atoms with E-state index < -0.39 is 6.10 Å². The van der Waals surface area contributed by atoms with Gasteiger partial charge in [-0.3, -0.25) is 9.36 Å². The molecule has 3 aromatic carbocycles. The van der Waals surface area contributed by atoms with Crippen LogP contribution in [0.1, 0.15) is 30.0 Å². The van der Waals surface area contributed by atoms with E-state index in [1.807, 2.05) is 58.9 Å². The molecule has 0 bridgehead atoms. The van der Waals surface area contributed by atoms with Gasteiger partial charge >= 0.3 is 0 Å². The molecule has 4 aromatic rings. The summed E-state index contributed by atoms with van der Waals surface area (Å²) in [5, 5.41) is 9.40. The summed E-state index contributed by atoms with van der Waals surface area (Å²) in [6.07, 6.45) is 0.423. The van der Waals surface area contributed by atoms with Gasteiger partial charge in [0.15, 0.2) is 17.1 Å². The van der Waals surface area contributed by atoms with E-state index in [4.69, 9.17) is 4.74 Å². The lowest BCUT2D eigenvalue weighted by atomic mass is 10.00. The van der Waals surface area contributed by atoms with E-state index in [2.05, 4.69) is 22.3 Å². The number of carbonyl (C=O) groups is 1. The van der Waals surface area contributed by atoms with Gasteiger partial charge in [0.05, 0.1) is 5.75 Å². The Bertz CT molecular complexity index is 1310. The first-order chi connectivity index (χ1) is 17.1. The molecule has 1 aliphatic rings. The topological polar surface area (TPSA) is 60.3 Å². The van der Waals surface area contributed by atoms with E-state index in [-0.39, 0.29) is 17.5 Å². The van der Waals surface area contributed by atoms with E-state index in [1.54, 1.807) is 12.1 Å². The van der Waals surface area contributed by atoms with Crippen molar-refractivity contribution < 1.29 is 13.9 Å². The monoisotopic (exact) mass is 488 g/mol. The van der Waals surface area contributed by atoms with E-state index in [0.29, 0.717) is 23.3 Å². The van der Waals surface area contributed by atoms with Crippen LogP contribution in [0.3, 0.4) is 0 Å². The van der Waals surface area contributed by atoms with Crippen LogP contribution in [0.15, 0.2) is 84.0 Å². The van der Waals surface area contributed by atoms with Gasteiger partial charge in [-0.15, -0.1) is 10.2 Å². The van der Waals surface area contributed by atoms with E-state index in [0.717, 1.165) is 18.7 Å². The first kappa shape index (κ1) is 23.1. The Morgan fingerprint density at radius 1 is 1.00 bits per heavy atom. The minimum atomic E-state index is -0.447. The summed E-state index contributed by atoms with van der Waals surface area (Å²) in [6.45, 7) is 3.22. The standard InChI is InChI=1S/C27H25FN4O2S/c1-19(34-24-13-11-22(28)12-14-24)26-29-30-27(32(26)23-9-3-2-4-10-23)35-18-25(33)31-16-15-20-7-5-6-8-21(20)17-31/h2-14,19H,15-18H2,1H3. The van der Waals surface area contributed by atoms with Crippen LogP contribution >= 0.6 is 11.8 Å². The average Bonchev–Trinajstić information content (AvgIpc) is 3.33. The van der Waals surface area contributed by atoms with Crippen molar-refractivity contribution >= 4 is 17.7 Å². The van der Waals surface area contributed by atoms with Crippen LogP contribution in [0.25, 0.3) is 5.69 Å². The summed E-state index contributed by atoms with van der Waals surface area (Å²) in [5.41, 5.74) is 3.40. The molecule has 0 spiro atoms. The predicted octanol–water partition coefficient (Wildman–Crippen LogP) is 5.22. The van der Waals surface area contributed by atoms with Crippen LogP contribution in [0.5, 0.6) is 5.75 Å². The average molecular weight is 489 g/mol. The predicted molar refractivity (Wildman–Crippen MR) is 133 cm³/mol. The number of aromatic nitrogens is 3. The number of thioether (sulfide) groups is 1. The van der Waals surface area contributed by atoms with Crippen LogP contribution in [-0.4, -0.2) is 37.9 Å². The van der Waals surface area contributed by atoms with Gasteiger partial charge in [-0.1, -0.05) is 54.2 Å². The van der Waals surface area contributed by atoms with Gasteiger partial charge < -0.3 is 9.64 Å². The van der Waals surface area contributed by atoms with Crippen LogP contribution in [0.4, 0.5) is 4.39 Å². The molecule has 0 fully saturated rings. The molecule has 0 N–H and O–H groups in total. The summed E-state index contributed by atoms with van der Waals surface area (Å²) in [7, 11) is 0. The highest BCUT2D eigenvalue weighted by atomic mass is 32.2. The molecule has 0 radical (unpaired) electrons. The summed E-state index contributed by atoms with van der Waals surface area (Å²) < 4.78 is 21.2. The molecule has 35 heavy (non-hydrogen) atoms. The van der Waals surface area contributed by atoms with Gasteiger partial charge in [0.2, 0.25) is 5.91 Å². The third-order valence-electron chi connectivity index (χ3n) is 5.97. The van der Waals surface area contributed by atoms with Crippen LogP contribution < -0.4 is 4.74 Å². The lowest BCUT2D eigenvalue weighted by molar-refractivity contribution is -0.129. The molecule has 1 amide bonds. The van der Waals surface area contributed by atoms with Crippen molar-refractivity contribution in [3.05, 3.63) is 102 Å². The largest absolute Gasteiger partial charge is 0.483 e. The van der Waals surface area contributed by atoms with Crippen molar-refractivity contribution in [3.63, 3.8) is 0 Å². The Morgan fingerprint density at radius 2 is 1.71 bits per heavy atom. The second-order valence-electron chi connectivity index (χ2n) is 8.35. The molecule has 1 aliphatic heterocycles. The molecule has 0 saturated carbocycles. The fraction of sp³-hybridized carbons (Fsp3) is 0.222. The number of rotatable bonds is 7. The molecular formula is C27H25FN4O2S. The zero-order chi connectivity index (χ0) is 24.2. The molecule has 8 heteroatoms. The summed E-state index contributed by atoms with van der Waals surface area (Å²) in [6, 6.07) is 23.9. The third-order valence-corrected chi connectivity index (χ3v) is 6.88. The van der Waals surface area contributed by atoms with Crippen LogP contribution in [-0.2, 0) is 17.8 Å². The number of para-hydroxylation sites is 1. The number of carbonyl (C=O) groups excluding carboxylic acids is 1. The Labute approximate surface area is 207 Å². The number of amides is 1. The SMILES string of the molecule is CC(Oc1ccc(F)cc1)c1nnc(SCC(=O)N2CCc3ccccc3C2)n1-c1ccccc1. The van der Waals surface area contributed by atoms with E-state index in [1.165, 1.54) is 35.0 Å². The number of hydrogen-bond donors (Lipinski definition) is 0. The quantitative estimate of drug-likeness (QED) is 0.334. The second kappa shape index (κ2) is 10.3. The molecule has 1 aromatic heterocycles. The van der Waals surface area contributed by atoms with Gasteiger partial charge in [0, 0.05) is 18.8 Å².